The Labute approximate surface area is 110 Å². The minimum atomic E-state index is -2.44. The van der Waals surface area contributed by atoms with E-state index in [0.29, 0.717) is 13.2 Å². The lowest BCUT2D eigenvalue weighted by molar-refractivity contribution is 0.158. The topological polar surface area (TPSA) is 71.0 Å². The van der Waals surface area contributed by atoms with Gasteiger partial charge in [-0.15, -0.1) is 0 Å². The number of carbonyl (C=O) groups is 1. The second-order valence-corrected chi connectivity index (χ2v) is 8.12. The largest absolute Gasteiger partial charge is 0.465 e. The van der Waals surface area contributed by atoms with Gasteiger partial charge >= 0.3 is 6.09 Å². The summed E-state index contributed by atoms with van der Waals surface area (Å²) in [4.78, 5) is 10.4. The molecule has 1 saturated heterocycles. The summed E-state index contributed by atoms with van der Waals surface area (Å²) in [7, 11) is 0. The van der Waals surface area contributed by atoms with E-state index in [1.54, 1.807) is 0 Å². The maximum atomic E-state index is 10.4. The van der Waals surface area contributed by atoms with Gasteiger partial charge in [0.25, 0.3) is 6.64 Å². The van der Waals surface area contributed by atoms with E-state index in [1.165, 1.54) is 11.9 Å². The van der Waals surface area contributed by atoms with Crippen molar-refractivity contribution in [2.75, 3.05) is 19.1 Å². The molecule has 0 unspecified atom stereocenters. The van der Waals surface area contributed by atoms with Crippen LogP contribution >= 0.6 is 18.6 Å². The molecule has 0 radical (unpaired) electrons. The van der Waals surface area contributed by atoms with Gasteiger partial charge < -0.3 is 19.5 Å². The van der Waals surface area contributed by atoms with Gasteiger partial charge in [0, 0.05) is 6.04 Å². The second kappa shape index (κ2) is 6.92. The molecule has 0 aromatic rings. The van der Waals surface area contributed by atoms with Gasteiger partial charge in [0.05, 0.1) is 19.1 Å². The Bertz CT molecular complexity index is 306. The molecule has 0 aromatic heterocycles. The molecule has 6 nitrogen and oxygen atoms in total. The van der Waals surface area contributed by atoms with Gasteiger partial charge in [0.15, 0.2) is 0 Å². The summed E-state index contributed by atoms with van der Waals surface area (Å²) in [5.74, 6) is 0.235. The average Bonchev–Trinajstić information content (AvgIpc) is 2.24. The Kier molecular flexibility index (Phi) is 6.19. The third-order valence-electron chi connectivity index (χ3n) is 1.90. The van der Waals surface area contributed by atoms with E-state index in [1.807, 2.05) is 17.9 Å². The third-order valence-corrected chi connectivity index (χ3v) is 7.28. The Balaban J connectivity index is 2.58. The first kappa shape index (κ1) is 15.2. The van der Waals surface area contributed by atoms with Crippen molar-refractivity contribution in [1.82, 2.24) is 9.39 Å². The normalized spacial score (nSPS) is 19.5. The fourth-order valence-electron chi connectivity index (χ4n) is 1.23. The van der Waals surface area contributed by atoms with E-state index in [-0.39, 0.29) is 11.9 Å². The van der Waals surface area contributed by atoms with E-state index in [9.17, 15) is 4.79 Å². The van der Waals surface area contributed by atoms with Crippen molar-refractivity contribution in [1.29, 1.82) is 0 Å². The lowest BCUT2D eigenvalue weighted by Gasteiger charge is -2.37. The van der Waals surface area contributed by atoms with Crippen molar-refractivity contribution in [2.45, 2.75) is 26.3 Å². The summed E-state index contributed by atoms with van der Waals surface area (Å²) < 4.78 is 13.0. The number of hydrogen-bond donors (Lipinski definition) is 2. The molecule has 0 bridgehead atoms. The minimum absolute atomic E-state index is 0.125. The van der Waals surface area contributed by atoms with E-state index in [0.717, 1.165) is 6.42 Å². The SMILES string of the molecule is CC(C)N(SCNC(=O)O)P1(=S)OCCCO1. The summed E-state index contributed by atoms with van der Waals surface area (Å²) in [6.45, 7) is 2.72. The van der Waals surface area contributed by atoms with Crippen molar-refractivity contribution >= 4 is 36.5 Å². The molecule has 0 spiro atoms. The van der Waals surface area contributed by atoms with E-state index in [2.05, 4.69) is 5.32 Å². The highest BCUT2D eigenvalue weighted by Crippen LogP contribution is 2.58. The van der Waals surface area contributed by atoms with Gasteiger partial charge in [-0.25, -0.2) is 4.79 Å². The van der Waals surface area contributed by atoms with Crippen LogP contribution in [0.2, 0.25) is 0 Å². The molecule has 1 rings (SSSR count). The molecule has 1 amide bonds. The predicted octanol–water partition coefficient (Wildman–Crippen LogP) is 2.23. The molecule has 17 heavy (non-hydrogen) atoms. The van der Waals surface area contributed by atoms with Crippen LogP contribution in [0.15, 0.2) is 0 Å². The number of nitrogens with one attached hydrogen (secondary N) is 1. The third kappa shape index (κ3) is 4.73. The first-order chi connectivity index (χ1) is 7.96. The molecule has 2 N–H and O–H groups in total. The van der Waals surface area contributed by atoms with Crippen LogP contribution in [0.4, 0.5) is 4.79 Å². The fraction of sp³-hybridized carbons (Fsp3) is 0.875. The summed E-state index contributed by atoms with van der Waals surface area (Å²) >= 11 is 6.73. The van der Waals surface area contributed by atoms with Crippen molar-refractivity contribution in [2.24, 2.45) is 0 Å². The van der Waals surface area contributed by atoms with Crippen LogP contribution in [0.3, 0.4) is 0 Å². The van der Waals surface area contributed by atoms with Crippen LogP contribution in [0.5, 0.6) is 0 Å². The second-order valence-electron chi connectivity index (χ2n) is 3.64. The maximum Gasteiger partial charge on any atom is 0.405 e. The number of hydrogen-bond acceptors (Lipinski definition) is 5. The summed E-state index contributed by atoms with van der Waals surface area (Å²) in [6, 6.07) is 0.125. The van der Waals surface area contributed by atoms with Gasteiger partial charge in [-0.3, -0.25) is 0 Å². The van der Waals surface area contributed by atoms with Crippen LogP contribution < -0.4 is 5.32 Å². The number of nitrogens with zero attached hydrogens (tertiary/aromatic N) is 1. The lowest BCUT2D eigenvalue weighted by Crippen LogP contribution is -2.29. The monoisotopic (exact) mass is 300 g/mol. The number of amides is 1. The number of rotatable bonds is 5. The van der Waals surface area contributed by atoms with Gasteiger partial charge in [-0.1, -0.05) is 0 Å². The molecular weight excluding hydrogens is 283 g/mol. The summed E-state index contributed by atoms with van der Waals surface area (Å²) in [5, 5.41) is 10.8. The fourth-order valence-corrected chi connectivity index (χ4v) is 5.90. The Morgan fingerprint density at radius 3 is 2.65 bits per heavy atom. The van der Waals surface area contributed by atoms with E-state index >= 15 is 0 Å². The number of carboxylic acid groups (broad SMARTS) is 1. The highest BCUT2D eigenvalue weighted by atomic mass is 32.5. The molecule has 9 heteroatoms. The molecule has 0 aromatic carbocycles. The highest BCUT2D eigenvalue weighted by molar-refractivity contribution is 8.15. The molecular formula is C8H17N2O4PS2. The smallest absolute Gasteiger partial charge is 0.405 e. The molecule has 0 aliphatic carbocycles. The van der Waals surface area contributed by atoms with Gasteiger partial charge in [0.2, 0.25) is 0 Å². The molecule has 0 atom stereocenters. The van der Waals surface area contributed by atoms with Crippen molar-refractivity contribution in [3.8, 4) is 0 Å². The van der Waals surface area contributed by atoms with Gasteiger partial charge in [-0.2, -0.15) is 4.08 Å². The summed E-state index contributed by atoms with van der Waals surface area (Å²) in [5.41, 5.74) is 0. The zero-order valence-electron chi connectivity index (χ0n) is 9.79. The Morgan fingerprint density at radius 2 is 2.18 bits per heavy atom. The van der Waals surface area contributed by atoms with Crippen LogP contribution in [-0.4, -0.2) is 40.4 Å². The van der Waals surface area contributed by atoms with Gasteiger partial charge in [-0.05, 0) is 44.0 Å². The highest BCUT2D eigenvalue weighted by Gasteiger charge is 2.33. The van der Waals surface area contributed by atoms with Crippen LogP contribution in [0.1, 0.15) is 20.3 Å². The maximum absolute atomic E-state index is 10.4. The Hall–Kier alpha value is 0.150. The molecule has 1 aliphatic heterocycles. The van der Waals surface area contributed by atoms with Crippen LogP contribution in [-0.2, 0) is 20.9 Å². The molecule has 1 fully saturated rings. The zero-order valence-corrected chi connectivity index (χ0v) is 12.3. The quantitative estimate of drug-likeness (QED) is 0.458. The standard InChI is InChI=1S/C8H17N2O4PS2/c1-7(2)10(17-6-9-8(11)12)15(16)13-4-3-5-14-15/h7,9H,3-6H2,1-2H3,(H,11,12). The zero-order chi connectivity index (χ0) is 12.9. The molecule has 1 heterocycles. The summed E-state index contributed by atoms with van der Waals surface area (Å²) in [6.07, 6.45) is -0.203. The lowest BCUT2D eigenvalue weighted by atomic mass is 10.4. The first-order valence-corrected chi connectivity index (χ1v) is 8.77. The first-order valence-electron chi connectivity index (χ1n) is 5.24. The van der Waals surface area contributed by atoms with E-state index in [4.69, 9.17) is 26.0 Å². The van der Waals surface area contributed by atoms with Crippen molar-refractivity contribution in [3.63, 3.8) is 0 Å². The molecule has 1 aliphatic rings. The predicted molar refractivity (Wildman–Crippen MR) is 71.4 cm³/mol. The minimum Gasteiger partial charge on any atom is -0.465 e. The Morgan fingerprint density at radius 1 is 1.59 bits per heavy atom. The molecule has 0 saturated carbocycles. The van der Waals surface area contributed by atoms with Crippen LogP contribution in [0.25, 0.3) is 0 Å². The molecule has 100 valence electrons. The van der Waals surface area contributed by atoms with Gasteiger partial charge in [0.1, 0.15) is 0 Å². The van der Waals surface area contributed by atoms with E-state index < -0.39 is 12.7 Å². The average molecular weight is 300 g/mol. The van der Waals surface area contributed by atoms with Crippen molar-refractivity contribution < 1.29 is 18.9 Å². The van der Waals surface area contributed by atoms with Crippen molar-refractivity contribution in [3.05, 3.63) is 0 Å². The van der Waals surface area contributed by atoms with Crippen LogP contribution in [0, 0.1) is 0 Å².